The fourth-order valence-electron chi connectivity index (χ4n) is 2.50. The predicted molar refractivity (Wildman–Crippen MR) is 100 cm³/mol. The van der Waals surface area contributed by atoms with E-state index in [9.17, 15) is 36.3 Å². The number of hydrogen-bond acceptors (Lipinski definition) is 6. The third kappa shape index (κ3) is 5.50. The smallest absolute Gasteiger partial charge is 0.451 e. The van der Waals surface area contributed by atoms with Gasteiger partial charge >= 0.3 is 12.1 Å². The number of alkyl halides is 3. The van der Waals surface area contributed by atoms with Gasteiger partial charge in [0.1, 0.15) is 5.75 Å². The van der Waals surface area contributed by atoms with Crippen LogP contribution in [0.2, 0.25) is 0 Å². The van der Waals surface area contributed by atoms with Gasteiger partial charge in [0.15, 0.2) is 5.92 Å². The van der Waals surface area contributed by atoms with Crippen LogP contribution < -0.4 is 4.72 Å². The van der Waals surface area contributed by atoms with E-state index in [1.807, 2.05) is 0 Å². The van der Waals surface area contributed by atoms with E-state index in [4.69, 9.17) is 4.74 Å². The molecule has 2 N–H and O–H groups in total. The topological polar surface area (TPSA) is 110 Å². The summed E-state index contributed by atoms with van der Waals surface area (Å²) in [6.45, 7) is 2.74. The normalized spacial score (nSPS) is 13.0. The molecule has 30 heavy (non-hydrogen) atoms. The van der Waals surface area contributed by atoms with Gasteiger partial charge in [-0.25, -0.2) is 8.42 Å². The maximum Gasteiger partial charge on any atom is 0.451 e. The molecule has 0 heterocycles. The van der Waals surface area contributed by atoms with Gasteiger partial charge in [-0.15, -0.1) is 0 Å². The fourth-order valence-corrected chi connectivity index (χ4v) is 3.57. The zero-order chi connectivity index (χ0) is 22.7. The van der Waals surface area contributed by atoms with Crippen molar-refractivity contribution < 1.29 is 41.0 Å². The van der Waals surface area contributed by atoms with Gasteiger partial charge in [0.25, 0.3) is 15.8 Å². The molecule has 0 amide bonds. The number of halogens is 3. The Balaban J connectivity index is 2.50. The first kappa shape index (κ1) is 23.2. The number of rotatable bonds is 7. The second kappa shape index (κ2) is 8.74. The zero-order valence-corrected chi connectivity index (χ0v) is 16.6. The van der Waals surface area contributed by atoms with Crippen LogP contribution in [0.5, 0.6) is 5.75 Å². The summed E-state index contributed by atoms with van der Waals surface area (Å²) in [7, 11) is -4.11. The van der Waals surface area contributed by atoms with Crippen molar-refractivity contribution in [3.63, 3.8) is 0 Å². The number of nitrogens with one attached hydrogen (secondary N) is 1. The minimum absolute atomic E-state index is 0.123. The number of phenols is 1. The molecule has 0 aromatic heterocycles. The lowest BCUT2D eigenvalue weighted by Gasteiger charge is -2.20. The Morgan fingerprint density at radius 2 is 1.67 bits per heavy atom. The molecule has 0 fully saturated rings. The quantitative estimate of drug-likeness (QED) is 0.384. The monoisotopic (exact) mass is 445 g/mol. The Morgan fingerprint density at radius 1 is 1.07 bits per heavy atom. The number of aromatic hydroxyl groups is 1. The molecule has 0 saturated carbocycles. The molecule has 0 aliphatic heterocycles. The van der Waals surface area contributed by atoms with Gasteiger partial charge in [-0.1, -0.05) is 18.2 Å². The number of sulfonamides is 1. The number of Topliss-reactive ketones (excluding diaryl/α,β-unsaturated/α-hetero) is 1. The Labute approximate surface area is 170 Å². The molecule has 0 unspecified atom stereocenters. The van der Waals surface area contributed by atoms with Crippen LogP contribution in [0.25, 0.3) is 0 Å². The molecule has 7 nitrogen and oxygen atoms in total. The molecule has 0 bridgehead atoms. The predicted octanol–water partition coefficient (Wildman–Crippen LogP) is 3.36. The lowest BCUT2D eigenvalue weighted by molar-refractivity contribution is -0.178. The summed E-state index contributed by atoms with van der Waals surface area (Å²) in [5, 5.41) is 10.0. The number of phenolic OH excluding ortho intramolecular Hbond substituents is 1. The Hall–Kier alpha value is -3.08. The van der Waals surface area contributed by atoms with Crippen molar-refractivity contribution in [2.45, 2.75) is 36.9 Å². The minimum Gasteiger partial charge on any atom is -0.508 e. The number of ether oxygens (including phenoxy) is 1. The zero-order valence-electron chi connectivity index (χ0n) is 15.8. The maximum atomic E-state index is 13.1. The average Bonchev–Trinajstić information content (AvgIpc) is 2.63. The highest BCUT2D eigenvalue weighted by Gasteiger charge is 2.48. The number of carbonyl (C=O) groups is 2. The molecule has 162 valence electrons. The number of hydrogen-bond donors (Lipinski definition) is 2. The largest absolute Gasteiger partial charge is 0.508 e. The van der Waals surface area contributed by atoms with Crippen LogP contribution in [-0.2, 0) is 24.3 Å². The van der Waals surface area contributed by atoms with Crippen LogP contribution >= 0.6 is 0 Å². The van der Waals surface area contributed by atoms with Gasteiger partial charge in [0, 0.05) is 11.3 Å². The SMILES string of the molecule is CC(C)OC(=O)[C@@H](C(=O)C(F)(F)F)c1cc(NS(=O)(=O)c2ccccc2)ccc1O. The van der Waals surface area contributed by atoms with Gasteiger partial charge < -0.3 is 9.84 Å². The van der Waals surface area contributed by atoms with E-state index in [1.165, 1.54) is 38.1 Å². The molecule has 0 aliphatic carbocycles. The van der Waals surface area contributed by atoms with E-state index < -0.39 is 51.3 Å². The lowest BCUT2D eigenvalue weighted by Crippen LogP contribution is -2.35. The summed E-state index contributed by atoms with van der Waals surface area (Å²) >= 11 is 0. The van der Waals surface area contributed by atoms with E-state index in [-0.39, 0.29) is 10.6 Å². The van der Waals surface area contributed by atoms with Gasteiger partial charge in [0.2, 0.25) is 0 Å². The number of benzene rings is 2. The van der Waals surface area contributed by atoms with Crippen LogP contribution in [0.15, 0.2) is 53.4 Å². The highest BCUT2D eigenvalue weighted by atomic mass is 32.2. The molecule has 0 saturated heterocycles. The van der Waals surface area contributed by atoms with Gasteiger partial charge in [-0.2, -0.15) is 13.2 Å². The number of esters is 1. The standard InChI is InChI=1S/C19H18F3NO6S/c1-11(2)29-18(26)16(17(25)19(20,21)22)14-10-12(8-9-15(14)24)23-30(27,28)13-6-4-3-5-7-13/h3-11,16,23-24H,1-2H3/t16-/m1/s1. The molecule has 2 aromatic carbocycles. The first-order valence-corrected chi connectivity index (χ1v) is 10.0. The Morgan fingerprint density at radius 3 is 2.20 bits per heavy atom. The summed E-state index contributed by atoms with van der Waals surface area (Å²) in [6, 6.07) is 9.84. The van der Waals surface area contributed by atoms with E-state index in [1.54, 1.807) is 6.07 Å². The van der Waals surface area contributed by atoms with Crippen LogP contribution in [0.3, 0.4) is 0 Å². The van der Waals surface area contributed by atoms with Crippen LogP contribution in [0.4, 0.5) is 18.9 Å². The van der Waals surface area contributed by atoms with E-state index in [0.29, 0.717) is 0 Å². The summed E-state index contributed by atoms with van der Waals surface area (Å²) in [5.74, 6) is -7.30. The average molecular weight is 445 g/mol. The van der Waals surface area contributed by atoms with Crippen molar-refractivity contribution in [2.75, 3.05) is 4.72 Å². The fraction of sp³-hybridized carbons (Fsp3) is 0.263. The van der Waals surface area contributed by atoms with Crippen molar-refractivity contribution in [3.8, 4) is 5.75 Å². The van der Waals surface area contributed by atoms with Crippen LogP contribution in [-0.4, -0.2) is 37.6 Å². The van der Waals surface area contributed by atoms with Crippen LogP contribution in [0, 0.1) is 0 Å². The lowest BCUT2D eigenvalue weighted by atomic mass is 9.93. The van der Waals surface area contributed by atoms with E-state index >= 15 is 0 Å². The number of carbonyl (C=O) groups excluding carboxylic acids is 2. The molecule has 1 atom stereocenters. The Kier molecular flexibility index (Phi) is 6.76. The molecule has 11 heteroatoms. The van der Waals surface area contributed by atoms with Crippen molar-refractivity contribution in [3.05, 3.63) is 54.1 Å². The molecular formula is C19H18F3NO6S. The first-order chi connectivity index (χ1) is 13.8. The second-order valence-electron chi connectivity index (χ2n) is 6.47. The van der Waals surface area contributed by atoms with Gasteiger partial charge in [0.05, 0.1) is 11.0 Å². The summed E-state index contributed by atoms with van der Waals surface area (Å²) in [4.78, 5) is 24.0. The molecule has 0 spiro atoms. The van der Waals surface area contributed by atoms with E-state index in [2.05, 4.69) is 4.72 Å². The van der Waals surface area contributed by atoms with Gasteiger partial charge in [-0.3, -0.25) is 14.3 Å². The van der Waals surface area contributed by atoms with Crippen molar-refractivity contribution in [1.82, 2.24) is 0 Å². The summed E-state index contributed by atoms with van der Waals surface area (Å²) in [5.41, 5.74) is -1.000. The van der Waals surface area contributed by atoms with E-state index in [0.717, 1.165) is 18.2 Å². The Bertz CT molecular complexity index is 1040. The molecule has 0 aliphatic rings. The number of anilines is 1. The van der Waals surface area contributed by atoms with Crippen molar-refractivity contribution >= 4 is 27.5 Å². The minimum atomic E-state index is -5.40. The molecule has 2 rings (SSSR count). The van der Waals surface area contributed by atoms with Crippen molar-refractivity contribution in [2.24, 2.45) is 0 Å². The van der Waals surface area contributed by atoms with Crippen LogP contribution in [0.1, 0.15) is 25.3 Å². The van der Waals surface area contributed by atoms with Crippen molar-refractivity contribution in [1.29, 1.82) is 0 Å². The maximum absolute atomic E-state index is 13.1. The molecule has 2 aromatic rings. The summed E-state index contributed by atoms with van der Waals surface area (Å²) < 4.78 is 70.9. The highest BCUT2D eigenvalue weighted by molar-refractivity contribution is 7.92. The third-order valence-corrected chi connectivity index (χ3v) is 5.17. The number of ketones is 1. The summed E-state index contributed by atoms with van der Waals surface area (Å²) in [6.07, 6.45) is -6.23. The first-order valence-electron chi connectivity index (χ1n) is 8.55. The second-order valence-corrected chi connectivity index (χ2v) is 8.16. The third-order valence-electron chi connectivity index (χ3n) is 3.77. The van der Waals surface area contributed by atoms with Gasteiger partial charge in [-0.05, 0) is 44.2 Å². The molecule has 0 radical (unpaired) electrons. The molecular weight excluding hydrogens is 427 g/mol. The highest BCUT2D eigenvalue weighted by Crippen LogP contribution is 2.35.